The third kappa shape index (κ3) is 6.65. The lowest BCUT2D eigenvalue weighted by Gasteiger charge is -2.21. The average molecular weight is 407 g/mol. The minimum Gasteiger partial charge on any atom is -0.473 e. The van der Waals surface area contributed by atoms with Gasteiger partial charge in [0.2, 0.25) is 5.16 Å². The summed E-state index contributed by atoms with van der Waals surface area (Å²) < 4.78 is 2.06. The molecule has 0 spiro atoms. The van der Waals surface area contributed by atoms with Gasteiger partial charge in [-0.15, -0.1) is 5.10 Å². The van der Waals surface area contributed by atoms with Crippen LogP contribution in [-0.4, -0.2) is 49.2 Å². The van der Waals surface area contributed by atoms with Gasteiger partial charge in [0.15, 0.2) is 0 Å². The Labute approximate surface area is 168 Å². The zero-order valence-electron chi connectivity index (χ0n) is 15.7. The van der Waals surface area contributed by atoms with E-state index in [1.54, 1.807) is 11.8 Å². The SMILES string of the molecule is NCCCSc1nc(C2CCCCC2)n(-c2ccccc2)n1.O=C(O)C(=O)O. The minimum absolute atomic E-state index is 0.547. The second kappa shape index (κ2) is 11.5. The van der Waals surface area contributed by atoms with Gasteiger partial charge in [0.05, 0.1) is 5.69 Å². The maximum absolute atomic E-state index is 9.10. The summed E-state index contributed by atoms with van der Waals surface area (Å²) in [7, 11) is 0. The Hall–Kier alpha value is -2.39. The van der Waals surface area contributed by atoms with E-state index in [2.05, 4.69) is 28.9 Å². The molecule has 1 aromatic heterocycles. The number of nitrogens with two attached hydrogens (primary N) is 1. The van der Waals surface area contributed by atoms with Crippen molar-refractivity contribution in [3.63, 3.8) is 0 Å². The quantitative estimate of drug-likeness (QED) is 0.379. The molecule has 1 aliphatic carbocycles. The number of aromatic nitrogens is 3. The first kappa shape index (κ1) is 21.9. The molecule has 0 amide bonds. The van der Waals surface area contributed by atoms with Gasteiger partial charge in [-0.1, -0.05) is 49.2 Å². The van der Waals surface area contributed by atoms with E-state index in [1.165, 1.54) is 32.1 Å². The number of benzene rings is 1. The summed E-state index contributed by atoms with van der Waals surface area (Å²) in [4.78, 5) is 23.1. The molecule has 4 N–H and O–H groups in total. The fourth-order valence-corrected chi connectivity index (χ4v) is 3.79. The average Bonchev–Trinajstić information content (AvgIpc) is 3.14. The first-order valence-electron chi connectivity index (χ1n) is 9.34. The van der Waals surface area contributed by atoms with Crippen molar-refractivity contribution >= 4 is 23.7 Å². The van der Waals surface area contributed by atoms with Gasteiger partial charge in [-0.3, -0.25) is 0 Å². The van der Waals surface area contributed by atoms with Crippen molar-refractivity contribution in [3.8, 4) is 5.69 Å². The van der Waals surface area contributed by atoms with Gasteiger partial charge >= 0.3 is 11.9 Å². The smallest absolute Gasteiger partial charge is 0.414 e. The fourth-order valence-electron chi connectivity index (χ4n) is 3.00. The molecule has 0 aliphatic heterocycles. The summed E-state index contributed by atoms with van der Waals surface area (Å²) in [6, 6.07) is 10.4. The second-order valence-electron chi connectivity index (χ2n) is 6.44. The third-order valence-corrected chi connectivity index (χ3v) is 5.27. The second-order valence-corrected chi connectivity index (χ2v) is 7.50. The van der Waals surface area contributed by atoms with Crippen LogP contribution >= 0.6 is 11.8 Å². The normalized spacial score (nSPS) is 14.2. The molecule has 152 valence electrons. The summed E-state index contributed by atoms with van der Waals surface area (Å²) in [6.07, 6.45) is 7.44. The molecule has 2 aromatic rings. The standard InChI is InChI=1S/C17H24N4S.C2H2O4/c18-12-7-13-22-17-19-16(14-8-3-1-4-9-14)21(20-17)15-10-5-2-6-11-15;3-1(4)2(5)6/h2,5-6,10-11,14H,1,3-4,7-9,12-13,18H2;(H,3,4)(H,5,6). The van der Waals surface area contributed by atoms with Gasteiger partial charge in [0.25, 0.3) is 0 Å². The number of thioether (sulfide) groups is 1. The highest BCUT2D eigenvalue weighted by molar-refractivity contribution is 7.99. The topological polar surface area (TPSA) is 131 Å². The summed E-state index contributed by atoms with van der Waals surface area (Å²) in [5, 5.41) is 20.4. The lowest BCUT2D eigenvalue weighted by Crippen LogP contribution is -2.12. The highest BCUT2D eigenvalue weighted by Gasteiger charge is 2.23. The summed E-state index contributed by atoms with van der Waals surface area (Å²) >= 11 is 1.72. The lowest BCUT2D eigenvalue weighted by molar-refractivity contribution is -0.159. The number of carboxylic acid groups (broad SMARTS) is 2. The molecular weight excluding hydrogens is 380 g/mol. The largest absolute Gasteiger partial charge is 0.473 e. The first-order valence-corrected chi connectivity index (χ1v) is 10.3. The van der Waals surface area contributed by atoms with Crippen molar-refractivity contribution in [2.24, 2.45) is 5.73 Å². The van der Waals surface area contributed by atoms with Gasteiger partial charge in [-0.25, -0.2) is 19.3 Å². The van der Waals surface area contributed by atoms with Crippen molar-refractivity contribution in [2.45, 2.75) is 49.6 Å². The van der Waals surface area contributed by atoms with Gasteiger partial charge in [-0.05, 0) is 37.9 Å². The van der Waals surface area contributed by atoms with E-state index in [0.717, 1.165) is 35.4 Å². The number of nitrogens with zero attached hydrogens (tertiary/aromatic N) is 3. The highest BCUT2D eigenvalue weighted by Crippen LogP contribution is 2.33. The molecule has 0 radical (unpaired) electrons. The molecule has 1 aliphatic rings. The van der Waals surface area contributed by atoms with Crippen LogP contribution in [0.3, 0.4) is 0 Å². The zero-order chi connectivity index (χ0) is 20.4. The van der Waals surface area contributed by atoms with E-state index in [0.29, 0.717) is 5.92 Å². The predicted molar refractivity (Wildman–Crippen MR) is 107 cm³/mol. The Bertz CT molecular complexity index is 749. The molecule has 28 heavy (non-hydrogen) atoms. The van der Waals surface area contributed by atoms with E-state index >= 15 is 0 Å². The molecule has 9 heteroatoms. The zero-order valence-corrected chi connectivity index (χ0v) is 16.5. The molecule has 3 rings (SSSR count). The van der Waals surface area contributed by atoms with Crippen LogP contribution in [0.2, 0.25) is 0 Å². The Morgan fingerprint density at radius 1 is 1.11 bits per heavy atom. The van der Waals surface area contributed by atoms with Crippen LogP contribution in [0, 0.1) is 0 Å². The Morgan fingerprint density at radius 3 is 2.32 bits per heavy atom. The van der Waals surface area contributed by atoms with Crippen molar-refractivity contribution in [2.75, 3.05) is 12.3 Å². The van der Waals surface area contributed by atoms with Gasteiger partial charge < -0.3 is 15.9 Å². The van der Waals surface area contributed by atoms with E-state index in [9.17, 15) is 0 Å². The molecule has 1 heterocycles. The molecule has 0 unspecified atom stereocenters. The van der Waals surface area contributed by atoms with Crippen molar-refractivity contribution in [3.05, 3.63) is 36.2 Å². The van der Waals surface area contributed by atoms with Crippen LogP contribution in [0.15, 0.2) is 35.5 Å². The third-order valence-electron chi connectivity index (χ3n) is 4.35. The summed E-state index contributed by atoms with van der Waals surface area (Å²) in [6.45, 7) is 0.724. The maximum atomic E-state index is 9.10. The first-order chi connectivity index (χ1) is 13.5. The fraction of sp³-hybridized carbons (Fsp3) is 0.474. The van der Waals surface area contributed by atoms with E-state index in [1.807, 2.05) is 6.07 Å². The van der Waals surface area contributed by atoms with Crippen LogP contribution in [0.4, 0.5) is 0 Å². The van der Waals surface area contributed by atoms with Gasteiger partial charge in [0.1, 0.15) is 5.82 Å². The molecule has 8 nitrogen and oxygen atoms in total. The van der Waals surface area contributed by atoms with E-state index < -0.39 is 11.9 Å². The lowest BCUT2D eigenvalue weighted by atomic mass is 9.88. The van der Waals surface area contributed by atoms with E-state index in [4.69, 9.17) is 35.6 Å². The number of rotatable bonds is 6. The summed E-state index contributed by atoms with van der Waals surface area (Å²) in [5.41, 5.74) is 6.69. The number of carboxylic acids is 2. The molecule has 0 bridgehead atoms. The minimum atomic E-state index is -1.82. The van der Waals surface area contributed by atoms with Gasteiger partial charge in [0, 0.05) is 11.7 Å². The van der Waals surface area contributed by atoms with Crippen LogP contribution < -0.4 is 5.73 Å². The number of carbonyl (C=O) groups is 2. The molecule has 1 aromatic carbocycles. The number of aliphatic carboxylic acids is 2. The van der Waals surface area contributed by atoms with Crippen LogP contribution in [0.1, 0.15) is 50.3 Å². The molecular formula is C19H26N4O4S. The molecule has 0 atom stereocenters. The van der Waals surface area contributed by atoms with Crippen LogP contribution in [0.25, 0.3) is 5.69 Å². The number of para-hydroxylation sites is 1. The van der Waals surface area contributed by atoms with Gasteiger partial charge in [-0.2, -0.15) is 0 Å². The highest BCUT2D eigenvalue weighted by atomic mass is 32.2. The summed E-state index contributed by atoms with van der Waals surface area (Å²) in [5.74, 6) is -0.976. The predicted octanol–water partition coefficient (Wildman–Crippen LogP) is 2.91. The van der Waals surface area contributed by atoms with Crippen molar-refractivity contribution < 1.29 is 19.8 Å². The van der Waals surface area contributed by atoms with Crippen molar-refractivity contribution in [1.82, 2.24) is 14.8 Å². The Kier molecular flexibility index (Phi) is 8.96. The van der Waals surface area contributed by atoms with Crippen LogP contribution in [-0.2, 0) is 9.59 Å². The molecule has 1 fully saturated rings. The molecule has 1 saturated carbocycles. The van der Waals surface area contributed by atoms with Crippen LogP contribution in [0.5, 0.6) is 0 Å². The molecule has 0 saturated heterocycles. The number of hydrogen-bond acceptors (Lipinski definition) is 6. The monoisotopic (exact) mass is 406 g/mol. The number of hydrogen-bond donors (Lipinski definition) is 3. The maximum Gasteiger partial charge on any atom is 0.414 e. The Morgan fingerprint density at radius 2 is 1.75 bits per heavy atom. The van der Waals surface area contributed by atoms with E-state index in [-0.39, 0.29) is 0 Å². The van der Waals surface area contributed by atoms with Crippen molar-refractivity contribution in [1.29, 1.82) is 0 Å². The Balaban J connectivity index is 0.000000409.